The Hall–Kier alpha value is -2.47. The number of rotatable bonds is 4. The standard InChI is InChI=1S/C15H11F4N3O3S2/c1-22(7-12-20-9-4-5-26-13(9)14(23)21-12)10-3-2-8(16)6-11(10)27(24,25)15(17,18)19/h2-6H,7H2,1H3,(H,20,21,23). The Morgan fingerprint density at radius 3 is 2.63 bits per heavy atom. The third kappa shape index (κ3) is 3.54. The van der Waals surface area contributed by atoms with Gasteiger partial charge in [0.1, 0.15) is 21.2 Å². The lowest BCUT2D eigenvalue weighted by Crippen LogP contribution is -2.27. The topological polar surface area (TPSA) is 83.1 Å². The van der Waals surface area contributed by atoms with Crippen molar-refractivity contribution in [2.45, 2.75) is 16.9 Å². The minimum atomic E-state index is -5.77. The predicted octanol–water partition coefficient (Wildman–Crippen LogP) is 3.05. The molecule has 0 saturated carbocycles. The minimum absolute atomic E-state index is 0.119. The van der Waals surface area contributed by atoms with E-state index in [0.717, 1.165) is 17.0 Å². The van der Waals surface area contributed by atoms with Crippen LogP contribution in [0.4, 0.5) is 23.2 Å². The van der Waals surface area contributed by atoms with Gasteiger partial charge in [0.05, 0.1) is 17.7 Å². The molecule has 12 heteroatoms. The highest BCUT2D eigenvalue weighted by Crippen LogP contribution is 2.36. The smallest absolute Gasteiger partial charge is 0.366 e. The Morgan fingerprint density at radius 1 is 1.26 bits per heavy atom. The molecule has 0 spiro atoms. The number of benzene rings is 1. The number of sulfone groups is 1. The Kier molecular flexibility index (Phi) is 4.72. The fourth-order valence-corrected chi connectivity index (χ4v) is 4.19. The normalized spacial score (nSPS) is 12.5. The zero-order valence-corrected chi connectivity index (χ0v) is 15.2. The first kappa shape index (κ1) is 19.3. The second-order valence-electron chi connectivity index (χ2n) is 5.56. The lowest BCUT2D eigenvalue weighted by atomic mass is 10.3. The number of anilines is 1. The van der Waals surface area contributed by atoms with Crippen LogP contribution in [0.1, 0.15) is 5.82 Å². The first-order valence-electron chi connectivity index (χ1n) is 7.29. The third-order valence-electron chi connectivity index (χ3n) is 3.68. The molecule has 0 aliphatic rings. The van der Waals surface area contributed by atoms with Crippen molar-refractivity contribution in [3.8, 4) is 0 Å². The van der Waals surface area contributed by atoms with Crippen molar-refractivity contribution < 1.29 is 26.0 Å². The molecule has 6 nitrogen and oxygen atoms in total. The number of hydrogen-bond acceptors (Lipinski definition) is 6. The largest absolute Gasteiger partial charge is 0.501 e. The van der Waals surface area contributed by atoms with Crippen LogP contribution in [0.15, 0.2) is 39.3 Å². The van der Waals surface area contributed by atoms with E-state index in [-0.39, 0.29) is 18.1 Å². The summed E-state index contributed by atoms with van der Waals surface area (Å²) >= 11 is 1.18. The molecule has 2 heterocycles. The van der Waals surface area contributed by atoms with E-state index in [1.54, 1.807) is 11.4 Å². The molecule has 27 heavy (non-hydrogen) atoms. The fraction of sp³-hybridized carbons (Fsp3) is 0.200. The Morgan fingerprint density at radius 2 is 1.96 bits per heavy atom. The van der Waals surface area contributed by atoms with E-state index >= 15 is 0 Å². The molecule has 3 rings (SSSR count). The van der Waals surface area contributed by atoms with Crippen molar-refractivity contribution in [2.24, 2.45) is 0 Å². The zero-order chi connectivity index (χ0) is 20.0. The minimum Gasteiger partial charge on any atom is -0.366 e. The number of H-pyrrole nitrogens is 1. The number of nitrogens with one attached hydrogen (secondary N) is 1. The van der Waals surface area contributed by atoms with Crippen molar-refractivity contribution in [1.29, 1.82) is 0 Å². The highest BCUT2D eigenvalue weighted by Gasteiger charge is 2.48. The summed E-state index contributed by atoms with van der Waals surface area (Å²) in [4.78, 5) is 18.6. The maximum atomic E-state index is 13.4. The van der Waals surface area contributed by atoms with Gasteiger partial charge in [0, 0.05) is 7.05 Å². The summed E-state index contributed by atoms with van der Waals surface area (Å²) in [6.07, 6.45) is 0. The van der Waals surface area contributed by atoms with Crippen LogP contribution < -0.4 is 10.5 Å². The summed E-state index contributed by atoms with van der Waals surface area (Å²) < 4.78 is 76.2. The molecule has 0 bridgehead atoms. The van der Waals surface area contributed by atoms with Crippen LogP contribution in [-0.2, 0) is 16.4 Å². The monoisotopic (exact) mass is 421 g/mol. The Labute approximate surface area is 154 Å². The van der Waals surface area contributed by atoms with Gasteiger partial charge in [-0.2, -0.15) is 13.2 Å². The van der Waals surface area contributed by atoms with Crippen LogP contribution in [0.25, 0.3) is 10.2 Å². The SMILES string of the molecule is CN(Cc1nc2ccsc2c(=O)[nH]1)c1ccc(F)cc1S(=O)(=O)C(F)(F)F. The molecule has 2 aromatic heterocycles. The summed E-state index contributed by atoms with van der Waals surface area (Å²) in [5.74, 6) is -1.01. The highest BCUT2D eigenvalue weighted by atomic mass is 32.2. The summed E-state index contributed by atoms with van der Waals surface area (Å²) in [6.45, 7) is -0.201. The predicted molar refractivity (Wildman–Crippen MR) is 92.0 cm³/mol. The number of fused-ring (bicyclic) bond motifs is 1. The number of halogens is 4. The van der Waals surface area contributed by atoms with Gasteiger partial charge in [-0.15, -0.1) is 11.3 Å². The van der Waals surface area contributed by atoms with E-state index in [0.29, 0.717) is 16.3 Å². The highest BCUT2D eigenvalue weighted by molar-refractivity contribution is 7.92. The van der Waals surface area contributed by atoms with Crippen molar-refractivity contribution in [2.75, 3.05) is 11.9 Å². The van der Waals surface area contributed by atoms with Crippen LogP contribution in [0.2, 0.25) is 0 Å². The molecule has 144 valence electrons. The number of aromatic nitrogens is 2. The maximum absolute atomic E-state index is 13.4. The van der Waals surface area contributed by atoms with Gasteiger partial charge < -0.3 is 9.88 Å². The molecule has 0 atom stereocenters. The zero-order valence-electron chi connectivity index (χ0n) is 13.5. The van der Waals surface area contributed by atoms with E-state index in [9.17, 15) is 30.8 Å². The summed E-state index contributed by atoms with van der Waals surface area (Å²) in [6, 6.07) is 3.69. The van der Waals surface area contributed by atoms with Gasteiger partial charge in [-0.05, 0) is 29.6 Å². The first-order valence-corrected chi connectivity index (χ1v) is 9.65. The van der Waals surface area contributed by atoms with Crippen LogP contribution in [0, 0.1) is 5.82 Å². The van der Waals surface area contributed by atoms with Crippen LogP contribution in [-0.4, -0.2) is 30.9 Å². The summed E-state index contributed by atoms with van der Waals surface area (Å²) in [5, 5.41) is 1.66. The molecule has 1 aromatic carbocycles. The van der Waals surface area contributed by atoms with Crippen LogP contribution >= 0.6 is 11.3 Å². The van der Waals surface area contributed by atoms with Gasteiger partial charge in [-0.25, -0.2) is 17.8 Å². The van der Waals surface area contributed by atoms with E-state index in [4.69, 9.17) is 0 Å². The summed E-state index contributed by atoms with van der Waals surface area (Å²) in [7, 11) is -4.47. The molecule has 0 fully saturated rings. The molecule has 1 N–H and O–H groups in total. The van der Waals surface area contributed by atoms with Crippen LogP contribution in [0.3, 0.4) is 0 Å². The van der Waals surface area contributed by atoms with Crippen molar-refractivity contribution in [3.05, 3.63) is 51.6 Å². The number of aromatic amines is 1. The van der Waals surface area contributed by atoms with Crippen LogP contribution in [0.5, 0.6) is 0 Å². The first-order chi connectivity index (χ1) is 12.5. The lowest BCUT2D eigenvalue weighted by Gasteiger charge is -2.22. The number of nitrogens with zero attached hydrogens (tertiary/aromatic N) is 2. The molecule has 0 amide bonds. The maximum Gasteiger partial charge on any atom is 0.501 e. The number of thiophene rings is 1. The van der Waals surface area contributed by atoms with Crippen molar-refractivity contribution in [1.82, 2.24) is 9.97 Å². The molecular weight excluding hydrogens is 410 g/mol. The quantitative estimate of drug-likeness (QED) is 0.655. The van der Waals surface area contributed by atoms with Gasteiger partial charge >= 0.3 is 5.51 Å². The second-order valence-corrected chi connectivity index (χ2v) is 8.39. The average molecular weight is 421 g/mol. The number of hydrogen-bond donors (Lipinski definition) is 1. The molecule has 0 saturated heterocycles. The Bertz CT molecular complexity index is 1170. The van der Waals surface area contributed by atoms with E-state index in [2.05, 4.69) is 9.97 Å². The van der Waals surface area contributed by atoms with E-state index < -0.39 is 31.6 Å². The van der Waals surface area contributed by atoms with Crippen molar-refractivity contribution in [3.63, 3.8) is 0 Å². The average Bonchev–Trinajstić information content (AvgIpc) is 3.02. The van der Waals surface area contributed by atoms with Gasteiger partial charge in [0.15, 0.2) is 0 Å². The molecule has 0 aliphatic heterocycles. The van der Waals surface area contributed by atoms with Gasteiger partial charge in [0.25, 0.3) is 15.4 Å². The summed E-state index contributed by atoms with van der Waals surface area (Å²) in [5.41, 5.74) is -5.96. The molecule has 3 aromatic rings. The van der Waals surface area contributed by atoms with E-state index in [1.807, 2.05) is 0 Å². The number of alkyl halides is 3. The molecule has 0 radical (unpaired) electrons. The molecule has 0 aliphatic carbocycles. The second kappa shape index (κ2) is 6.60. The van der Waals surface area contributed by atoms with Crippen molar-refractivity contribution >= 4 is 37.1 Å². The molecule has 0 unspecified atom stereocenters. The Balaban J connectivity index is 2.04. The van der Waals surface area contributed by atoms with E-state index in [1.165, 1.54) is 18.4 Å². The lowest BCUT2D eigenvalue weighted by molar-refractivity contribution is -0.0435. The van der Waals surface area contributed by atoms with Gasteiger partial charge in [0.2, 0.25) is 0 Å². The van der Waals surface area contributed by atoms with Gasteiger partial charge in [-0.1, -0.05) is 0 Å². The fourth-order valence-electron chi connectivity index (χ4n) is 2.45. The van der Waals surface area contributed by atoms with Gasteiger partial charge in [-0.3, -0.25) is 4.79 Å². The molecular formula is C15H11F4N3O3S2. The third-order valence-corrected chi connectivity index (χ3v) is 6.10.